The molecule has 0 saturated carbocycles. The zero-order valence-electron chi connectivity index (χ0n) is 15.9. The van der Waals surface area contributed by atoms with Gasteiger partial charge in [-0.3, -0.25) is 0 Å². The van der Waals surface area contributed by atoms with Crippen LogP contribution in [0.25, 0.3) is 0 Å². The Labute approximate surface area is 147 Å². The van der Waals surface area contributed by atoms with Crippen LogP contribution in [0.4, 0.5) is 5.69 Å². The molecule has 0 fully saturated rings. The van der Waals surface area contributed by atoms with Gasteiger partial charge in [0.2, 0.25) is 0 Å². The van der Waals surface area contributed by atoms with Gasteiger partial charge in [0.1, 0.15) is 11.9 Å². The van der Waals surface area contributed by atoms with Crippen molar-refractivity contribution in [2.75, 3.05) is 11.9 Å². The molecule has 0 aliphatic heterocycles. The molecular formula is C22H31NO. The van der Waals surface area contributed by atoms with E-state index in [1.165, 1.54) is 16.8 Å². The van der Waals surface area contributed by atoms with Crippen molar-refractivity contribution < 1.29 is 4.74 Å². The summed E-state index contributed by atoms with van der Waals surface area (Å²) in [6, 6.07) is 16.9. The Hall–Kier alpha value is -1.96. The van der Waals surface area contributed by atoms with Crippen molar-refractivity contribution >= 4 is 5.69 Å². The molecule has 1 N–H and O–H groups in total. The van der Waals surface area contributed by atoms with Crippen LogP contribution in [0.3, 0.4) is 0 Å². The van der Waals surface area contributed by atoms with Gasteiger partial charge >= 0.3 is 0 Å². The average molecular weight is 325 g/mol. The van der Waals surface area contributed by atoms with E-state index in [0.717, 1.165) is 12.3 Å². The summed E-state index contributed by atoms with van der Waals surface area (Å²) in [4.78, 5) is 0. The van der Waals surface area contributed by atoms with Crippen molar-refractivity contribution in [3.63, 3.8) is 0 Å². The van der Waals surface area contributed by atoms with Crippen molar-refractivity contribution in [2.45, 2.75) is 59.0 Å². The van der Waals surface area contributed by atoms with Crippen LogP contribution in [0.2, 0.25) is 0 Å². The molecule has 0 bridgehead atoms. The maximum atomic E-state index is 6.04. The van der Waals surface area contributed by atoms with E-state index in [4.69, 9.17) is 4.74 Å². The Morgan fingerprint density at radius 1 is 0.917 bits per heavy atom. The highest BCUT2D eigenvalue weighted by Crippen LogP contribution is 2.25. The number of benzene rings is 2. The second-order valence-corrected chi connectivity index (χ2v) is 7.83. The minimum absolute atomic E-state index is 0.103. The summed E-state index contributed by atoms with van der Waals surface area (Å²) in [6.07, 6.45) is 0.103. The Kier molecular flexibility index (Phi) is 5.93. The smallest absolute Gasteiger partial charge is 0.119 e. The van der Waals surface area contributed by atoms with E-state index in [-0.39, 0.29) is 11.5 Å². The summed E-state index contributed by atoms with van der Waals surface area (Å²) in [5.41, 5.74) is 4.04. The lowest BCUT2D eigenvalue weighted by atomic mass is 9.87. The van der Waals surface area contributed by atoms with Crippen molar-refractivity contribution in [1.82, 2.24) is 0 Å². The molecular weight excluding hydrogens is 294 g/mol. The van der Waals surface area contributed by atoms with Gasteiger partial charge in [-0.1, -0.05) is 65.0 Å². The summed E-state index contributed by atoms with van der Waals surface area (Å²) in [7, 11) is 0. The number of rotatable bonds is 6. The quantitative estimate of drug-likeness (QED) is 0.704. The molecule has 0 aliphatic carbocycles. The number of hydrogen-bond donors (Lipinski definition) is 1. The highest BCUT2D eigenvalue weighted by molar-refractivity contribution is 5.52. The van der Waals surface area contributed by atoms with Crippen molar-refractivity contribution in [2.24, 2.45) is 0 Å². The van der Waals surface area contributed by atoms with Gasteiger partial charge in [-0.05, 0) is 47.6 Å². The molecule has 2 heteroatoms. The molecule has 130 valence electrons. The van der Waals surface area contributed by atoms with E-state index in [1.807, 2.05) is 0 Å². The van der Waals surface area contributed by atoms with Gasteiger partial charge in [0.05, 0.1) is 6.54 Å². The van der Waals surface area contributed by atoms with Gasteiger partial charge in [0, 0.05) is 5.69 Å². The first kappa shape index (κ1) is 18.4. The first-order chi connectivity index (χ1) is 11.3. The molecule has 24 heavy (non-hydrogen) atoms. The van der Waals surface area contributed by atoms with Gasteiger partial charge < -0.3 is 10.1 Å². The fraction of sp³-hybridized carbons (Fsp3) is 0.455. The predicted octanol–water partition coefficient (Wildman–Crippen LogP) is 5.99. The van der Waals surface area contributed by atoms with Gasteiger partial charge in [-0.25, -0.2) is 0 Å². The lowest BCUT2D eigenvalue weighted by molar-refractivity contribution is 0.234. The average Bonchev–Trinajstić information content (AvgIpc) is 2.53. The maximum absolute atomic E-state index is 6.04. The van der Waals surface area contributed by atoms with Crippen LogP contribution >= 0.6 is 0 Å². The van der Waals surface area contributed by atoms with E-state index in [1.54, 1.807) is 0 Å². The van der Waals surface area contributed by atoms with Gasteiger partial charge in [0.15, 0.2) is 0 Å². The molecule has 2 rings (SSSR count). The number of para-hydroxylation sites is 1. The van der Waals surface area contributed by atoms with E-state index >= 15 is 0 Å². The zero-order valence-corrected chi connectivity index (χ0v) is 15.9. The SMILES string of the molecule is CC(CNc1ccccc1C(C)C)Oc1ccc(C(C)(C)C)cc1. The first-order valence-electron chi connectivity index (χ1n) is 8.87. The van der Waals surface area contributed by atoms with Gasteiger partial charge in [-0.15, -0.1) is 0 Å². The van der Waals surface area contributed by atoms with Crippen LogP contribution in [-0.4, -0.2) is 12.6 Å². The number of anilines is 1. The molecule has 0 aromatic heterocycles. The van der Waals surface area contributed by atoms with Crippen LogP contribution in [0.15, 0.2) is 48.5 Å². The normalized spacial score (nSPS) is 13.0. The van der Waals surface area contributed by atoms with Crippen LogP contribution in [0.1, 0.15) is 58.6 Å². The third-order valence-electron chi connectivity index (χ3n) is 4.22. The number of nitrogens with one attached hydrogen (secondary N) is 1. The highest BCUT2D eigenvalue weighted by Gasteiger charge is 2.13. The van der Waals surface area contributed by atoms with Gasteiger partial charge in [-0.2, -0.15) is 0 Å². The molecule has 0 heterocycles. The molecule has 1 atom stereocenters. The monoisotopic (exact) mass is 325 g/mol. The highest BCUT2D eigenvalue weighted by atomic mass is 16.5. The van der Waals surface area contributed by atoms with Crippen molar-refractivity contribution in [3.8, 4) is 5.75 Å². The number of hydrogen-bond acceptors (Lipinski definition) is 2. The largest absolute Gasteiger partial charge is 0.489 e. The second kappa shape index (κ2) is 7.74. The van der Waals surface area contributed by atoms with Crippen molar-refractivity contribution in [1.29, 1.82) is 0 Å². The molecule has 0 radical (unpaired) electrons. The van der Waals surface area contributed by atoms with Gasteiger partial charge in [0.25, 0.3) is 0 Å². The molecule has 0 amide bonds. The Bertz CT molecular complexity index is 638. The summed E-state index contributed by atoms with van der Waals surface area (Å²) in [6.45, 7) is 14.0. The molecule has 2 aromatic rings. The molecule has 0 saturated heterocycles. The molecule has 1 unspecified atom stereocenters. The lowest BCUT2D eigenvalue weighted by Gasteiger charge is -2.21. The Morgan fingerprint density at radius 3 is 2.12 bits per heavy atom. The summed E-state index contributed by atoms with van der Waals surface area (Å²) in [5, 5.41) is 3.53. The Morgan fingerprint density at radius 2 is 1.54 bits per heavy atom. The molecule has 2 nitrogen and oxygen atoms in total. The van der Waals surface area contributed by atoms with Crippen LogP contribution in [0.5, 0.6) is 5.75 Å². The zero-order chi connectivity index (χ0) is 17.7. The van der Waals surface area contributed by atoms with E-state index in [2.05, 4.69) is 95.4 Å². The second-order valence-electron chi connectivity index (χ2n) is 7.83. The third kappa shape index (κ3) is 5.02. The third-order valence-corrected chi connectivity index (χ3v) is 4.22. The van der Waals surface area contributed by atoms with Crippen molar-refractivity contribution in [3.05, 3.63) is 59.7 Å². The summed E-state index contributed by atoms with van der Waals surface area (Å²) >= 11 is 0. The first-order valence-corrected chi connectivity index (χ1v) is 8.87. The minimum Gasteiger partial charge on any atom is -0.489 e. The van der Waals surface area contributed by atoms with E-state index in [0.29, 0.717) is 5.92 Å². The summed E-state index contributed by atoms with van der Waals surface area (Å²) < 4.78 is 6.04. The fourth-order valence-corrected chi connectivity index (χ4v) is 2.72. The molecule has 0 spiro atoms. The van der Waals surface area contributed by atoms with Crippen LogP contribution in [-0.2, 0) is 5.41 Å². The predicted molar refractivity (Wildman–Crippen MR) is 104 cm³/mol. The van der Waals surface area contributed by atoms with Crippen LogP contribution < -0.4 is 10.1 Å². The molecule has 2 aromatic carbocycles. The van der Waals surface area contributed by atoms with E-state index in [9.17, 15) is 0 Å². The fourth-order valence-electron chi connectivity index (χ4n) is 2.72. The topological polar surface area (TPSA) is 21.3 Å². The van der Waals surface area contributed by atoms with E-state index < -0.39 is 0 Å². The Balaban J connectivity index is 1.93. The summed E-state index contributed by atoms with van der Waals surface area (Å²) in [5.74, 6) is 1.43. The standard InChI is InChI=1S/C22H31NO/c1-16(2)20-9-7-8-10-21(20)23-15-17(3)24-19-13-11-18(12-14-19)22(4,5)6/h7-14,16-17,23H,15H2,1-6H3. The minimum atomic E-state index is 0.103. The lowest BCUT2D eigenvalue weighted by Crippen LogP contribution is -2.23. The number of ether oxygens (including phenoxy) is 1. The van der Waals surface area contributed by atoms with Crippen LogP contribution in [0, 0.1) is 0 Å². The molecule has 0 aliphatic rings. The maximum Gasteiger partial charge on any atom is 0.119 e.